The number of hydrogen-bond acceptors (Lipinski definition) is 8. The third-order valence-corrected chi connectivity index (χ3v) is 6.43. The molecular weight excluding hydrogens is 424 g/mol. The Balaban J connectivity index is 1.24. The van der Waals surface area contributed by atoms with Gasteiger partial charge in [0, 0.05) is 13.1 Å². The minimum atomic E-state index is -0.335. The van der Waals surface area contributed by atoms with Crippen LogP contribution in [0.15, 0.2) is 34.3 Å². The first kappa shape index (κ1) is 20.6. The first-order valence-electron chi connectivity index (χ1n) is 9.50. The van der Waals surface area contributed by atoms with Crippen LogP contribution >= 0.6 is 23.5 Å². The minimum absolute atomic E-state index is 0.131. The van der Waals surface area contributed by atoms with Crippen molar-refractivity contribution in [2.24, 2.45) is 0 Å². The molecule has 0 atom stereocenters. The van der Waals surface area contributed by atoms with Crippen LogP contribution in [0.4, 0.5) is 4.79 Å². The quantitative estimate of drug-likeness (QED) is 0.488. The molecule has 156 valence electrons. The van der Waals surface area contributed by atoms with Crippen molar-refractivity contribution in [3.8, 4) is 0 Å². The van der Waals surface area contributed by atoms with Gasteiger partial charge < -0.3 is 5.32 Å². The number of rotatable bonds is 8. The fourth-order valence-corrected chi connectivity index (χ4v) is 4.46. The van der Waals surface area contributed by atoms with Gasteiger partial charge in [-0.05, 0) is 53.6 Å². The van der Waals surface area contributed by atoms with Crippen LogP contribution in [-0.4, -0.2) is 61.0 Å². The van der Waals surface area contributed by atoms with Gasteiger partial charge >= 0.3 is 0 Å². The maximum absolute atomic E-state index is 12.5. The lowest BCUT2D eigenvalue weighted by atomic mass is 10.1. The lowest BCUT2D eigenvalue weighted by Gasteiger charge is -2.12. The number of tetrazole rings is 1. The average molecular weight is 445 g/mol. The van der Waals surface area contributed by atoms with E-state index in [1.165, 1.54) is 11.8 Å². The molecule has 4 rings (SSSR count). The van der Waals surface area contributed by atoms with E-state index in [0.29, 0.717) is 16.1 Å². The van der Waals surface area contributed by atoms with Gasteiger partial charge in [0.15, 0.2) is 0 Å². The molecule has 0 radical (unpaired) electrons. The Kier molecular flexibility index (Phi) is 6.18. The number of imide groups is 1. The molecule has 1 aliphatic heterocycles. The zero-order chi connectivity index (χ0) is 21.1. The van der Waals surface area contributed by atoms with Gasteiger partial charge in [-0.15, -0.1) is 5.10 Å². The summed E-state index contributed by atoms with van der Waals surface area (Å²) in [5.41, 5.74) is 1.99. The molecule has 1 aliphatic carbocycles. The summed E-state index contributed by atoms with van der Waals surface area (Å²) in [6, 6.07) is 8.05. The van der Waals surface area contributed by atoms with Crippen molar-refractivity contribution in [3.05, 3.63) is 40.3 Å². The number of carbonyl (C=O) groups excluding carboxylic acids is 3. The average Bonchev–Trinajstić information content (AvgIpc) is 3.41. The van der Waals surface area contributed by atoms with Crippen LogP contribution < -0.4 is 5.32 Å². The highest BCUT2D eigenvalue weighted by Gasteiger charge is 2.34. The molecule has 1 aromatic carbocycles. The second-order valence-electron chi connectivity index (χ2n) is 7.02. The van der Waals surface area contributed by atoms with E-state index in [2.05, 4.69) is 20.8 Å². The molecule has 2 aromatic rings. The topological polar surface area (TPSA) is 110 Å². The maximum Gasteiger partial charge on any atom is 0.293 e. The lowest BCUT2D eigenvalue weighted by Crippen LogP contribution is -2.37. The van der Waals surface area contributed by atoms with Crippen LogP contribution in [0.1, 0.15) is 30.0 Å². The van der Waals surface area contributed by atoms with Crippen LogP contribution in [0.5, 0.6) is 0 Å². The van der Waals surface area contributed by atoms with Gasteiger partial charge in [0.2, 0.25) is 11.1 Å². The summed E-state index contributed by atoms with van der Waals surface area (Å²) in [6.07, 6.45) is 3.83. The lowest BCUT2D eigenvalue weighted by molar-refractivity contribution is -0.123. The smallest absolute Gasteiger partial charge is 0.293 e. The van der Waals surface area contributed by atoms with Gasteiger partial charge in [0.1, 0.15) is 0 Å². The Morgan fingerprint density at radius 2 is 2.07 bits per heavy atom. The molecule has 9 nitrogen and oxygen atoms in total. The molecule has 0 unspecified atom stereocenters. The zero-order valence-electron chi connectivity index (χ0n) is 16.3. The Bertz CT molecular complexity index is 1000. The minimum Gasteiger partial charge on any atom is -0.354 e. The number of hydrogen-bond donors (Lipinski definition) is 1. The second kappa shape index (κ2) is 9.00. The first-order valence-corrected chi connectivity index (χ1v) is 11.3. The van der Waals surface area contributed by atoms with Crippen LogP contribution in [0.25, 0.3) is 6.08 Å². The number of nitrogens with one attached hydrogen (secondary N) is 1. The fraction of sp³-hybridized carbons (Fsp3) is 0.368. The summed E-state index contributed by atoms with van der Waals surface area (Å²) in [4.78, 5) is 38.3. The molecule has 1 saturated heterocycles. The number of aryl methyl sites for hydroxylation is 1. The number of amides is 3. The summed E-state index contributed by atoms with van der Waals surface area (Å²) < 4.78 is 1.75. The molecule has 0 spiro atoms. The number of thioether (sulfide) groups is 2. The Morgan fingerprint density at radius 3 is 2.80 bits per heavy atom. The highest BCUT2D eigenvalue weighted by Crippen LogP contribution is 2.36. The van der Waals surface area contributed by atoms with Crippen LogP contribution in [-0.2, 0) is 9.59 Å². The number of benzene rings is 1. The van der Waals surface area contributed by atoms with Crippen molar-refractivity contribution >= 4 is 46.7 Å². The van der Waals surface area contributed by atoms with Gasteiger partial charge in [0.25, 0.3) is 11.1 Å². The van der Waals surface area contributed by atoms with E-state index >= 15 is 0 Å². The first-order chi connectivity index (χ1) is 14.5. The van der Waals surface area contributed by atoms with Crippen molar-refractivity contribution in [2.75, 3.05) is 18.8 Å². The molecule has 2 heterocycles. The van der Waals surface area contributed by atoms with E-state index in [-0.39, 0.29) is 35.9 Å². The number of nitrogens with zero attached hydrogens (tertiary/aromatic N) is 5. The van der Waals surface area contributed by atoms with Crippen molar-refractivity contribution in [3.63, 3.8) is 0 Å². The normalized spacial score (nSPS) is 17.8. The highest BCUT2D eigenvalue weighted by atomic mass is 32.2. The fourth-order valence-electron chi connectivity index (χ4n) is 2.82. The summed E-state index contributed by atoms with van der Waals surface area (Å²) >= 11 is 2.19. The predicted molar refractivity (Wildman–Crippen MR) is 114 cm³/mol. The third-order valence-electron chi connectivity index (χ3n) is 4.59. The molecule has 2 fully saturated rings. The van der Waals surface area contributed by atoms with Crippen LogP contribution in [0, 0.1) is 6.92 Å². The standard InChI is InChI=1S/C19H20N6O3S2/c1-12-2-4-13(5-3-12)10-15-17(27)24(19(28)30-15)9-8-20-16(26)11-29-18-21-22-23-25(18)14-6-7-14/h2-5,10,14H,6-9,11H2,1H3,(H,20,26)/b15-10-. The Labute approximate surface area is 181 Å². The molecule has 1 aromatic heterocycles. The zero-order valence-corrected chi connectivity index (χ0v) is 17.9. The van der Waals surface area contributed by atoms with Gasteiger partial charge in [-0.25, -0.2) is 4.68 Å². The molecule has 3 amide bonds. The van der Waals surface area contributed by atoms with E-state index in [0.717, 1.165) is 40.6 Å². The van der Waals surface area contributed by atoms with E-state index in [1.54, 1.807) is 10.8 Å². The van der Waals surface area contributed by atoms with Crippen molar-refractivity contribution in [1.29, 1.82) is 0 Å². The molecule has 30 heavy (non-hydrogen) atoms. The predicted octanol–water partition coefficient (Wildman–Crippen LogP) is 2.26. The van der Waals surface area contributed by atoms with E-state index in [4.69, 9.17) is 0 Å². The Hall–Kier alpha value is -2.66. The summed E-state index contributed by atoms with van der Waals surface area (Å²) in [6.45, 7) is 2.31. The number of carbonyl (C=O) groups is 3. The molecule has 1 N–H and O–H groups in total. The van der Waals surface area contributed by atoms with E-state index < -0.39 is 0 Å². The summed E-state index contributed by atoms with van der Waals surface area (Å²) in [5.74, 6) is -0.368. The Morgan fingerprint density at radius 1 is 1.30 bits per heavy atom. The van der Waals surface area contributed by atoms with E-state index in [1.807, 2.05) is 31.2 Å². The van der Waals surface area contributed by atoms with E-state index in [9.17, 15) is 14.4 Å². The van der Waals surface area contributed by atoms with Gasteiger partial charge in [0.05, 0.1) is 16.7 Å². The summed E-state index contributed by atoms with van der Waals surface area (Å²) in [5, 5.41) is 14.6. The SMILES string of the molecule is Cc1ccc(/C=C2\SC(=O)N(CCNC(=O)CSc3nnnn3C3CC3)C2=O)cc1. The molecule has 0 bridgehead atoms. The third kappa shape index (κ3) is 4.90. The van der Waals surface area contributed by atoms with Crippen molar-refractivity contribution in [2.45, 2.75) is 31.0 Å². The summed E-state index contributed by atoms with van der Waals surface area (Å²) in [7, 11) is 0. The van der Waals surface area contributed by atoms with Gasteiger partial charge in [-0.3, -0.25) is 19.3 Å². The molecular formula is C19H20N6O3S2. The molecule has 1 saturated carbocycles. The van der Waals surface area contributed by atoms with Crippen LogP contribution in [0.2, 0.25) is 0 Å². The maximum atomic E-state index is 12.5. The highest BCUT2D eigenvalue weighted by molar-refractivity contribution is 8.18. The van der Waals surface area contributed by atoms with Gasteiger partial charge in [-0.1, -0.05) is 41.6 Å². The van der Waals surface area contributed by atoms with Crippen molar-refractivity contribution in [1.82, 2.24) is 30.4 Å². The van der Waals surface area contributed by atoms with Crippen LogP contribution in [0.3, 0.4) is 0 Å². The molecule has 11 heteroatoms. The monoisotopic (exact) mass is 444 g/mol. The van der Waals surface area contributed by atoms with Gasteiger partial charge in [-0.2, -0.15) is 0 Å². The second-order valence-corrected chi connectivity index (χ2v) is 8.96. The molecule has 2 aliphatic rings. The number of aromatic nitrogens is 4. The largest absolute Gasteiger partial charge is 0.354 e. The van der Waals surface area contributed by atoms with Crippen molar-refractivity contribution < 1.29 is 14.4 Å².